The lowest BCUT2D eigenvalue weighted by atomic mass is 9.85. The molecule has 1 unspecified atom stereocenters. The molecule has 47 heavy (non-hydrogen) atoms. The van der Waals surface area contributed by atoms with Crippen molar-refractivity contribution in [1.29, 1.82) is 0 Å². The van der Waals surface area contributed by atoms with Crippen molar-refractivity contribution in [2.24, 2.45) is 0 Å². The number of aromatic carboxylic acids is 1. The monoisotopic (exact) mass is 699 g/mol. The molecule has 0 aliphatic carbocycles. The van der Waals surface area contributed by atoms with Crippen LogP contribution in [-0.2, 0) is 22.5 Å². The van der Waals surface area contributed by atoms with E-state index in [9.17, 15) is 19.9 Å². The van der Waals surface area contributed by atoms with E-state index in [1.807, 2.05) is 43.4 Å². The predicted molar refractivity (Wildman–Crippen MR) is 176 cm³/mol. The third kappa shape index (κ3) is 8.17. The fourth-order valence-corrected chi connectivity index (χ4v) is 7.40. The van der Waals surface area contributed by atoms with Gasteiger partial charge < -0.3 is 29.0 Å². The van der Waals surface area contributed by atoms with Crippen LogP contribution in [0.4, 0.5) is 0 Å². The Morgan fingerprint density at radius 3 is 2.38 bits per heavy atom. The molecule has 4 aromatic rings. The number of hydrogen-bond acceptors (Lipinski definition) is 10. The average Bonchev–Trinajstić information content (AvgIpc) is 3.66. The van der Waals surface area contributed by atoms with Gasteiger partial charge in [-0.05, 0) is 54.8 Å². The standard InChI is InChI=1S/C34H35Cl2N3O7S/c1-38-12-11-22(17-38)46-34(42)31(20-7-5-4-6-8-20)37-16-23-14-25(32(47-23)33(40)41)24(15-26-27(35)18-39(43)19-28(26)36)21-9-10-29(44-2)30(13-21)45-3/h4-10,13-14,18-19,22,24,31,37H,11-12,15-17H2,1-3H3,(H-,40,41,43)/t22-,24+,31?/m1/s1. The van der Waals surface area contributed by atoms with E-state index in [-0.39, 0.29) is 34.0 Å². The maximum absolute atomic E-state index is 13.4. The summed E-state index contributed by atoms with van der Waals surface area (Å²) in [7, 11) is 5.03. The Morgan fingerprint density at radius 2 is 1.77 bits per heavy atom. The quantitative estimate of drug-likeness (QED) is 0.119. The van der Waals surface area contributed by atoms with Gasteiger partial charge in [-0.15, -0.1) is 11.3 Å². The molecule has 2 N–H and O–H groups in total. The Balaban J connectivity index is 1.50. The summed E-state index contributed by atoms with van der Waals surface area (Å²) in [5.74, 6) is -1.36. The van der Waals surface area contributed by atoms with Crippen LogP contribution < -0.4 is 24.6 Å². The summed E-state index contributed by atoms with van der Waals surface area (Å²) in [6.07, 6.45) is 3.37. The fraction of sp³-hybridized carbons (Fsp3) is 0.324. The van der Waals surface area contributed by atoms with Crippen LogP contribution in [0.3, 0.4) is 0 Å². The van der Waals surface area contributed by atoms with Gasteiger partial charge in [0.05, 0.1) is 25.1 Å². The molecule has 1 aliphatic rings. The van der Waals surface area contributed by atoms with Crippen molar-refractivity contribution in [2.45, 2.75) is 37.5 Å². The van der Waals surface area contributed by atoms with Gasteiger partial charge in [-0.1, -0.05) is 59.6 Å². The first-order chi connectivity index (χ1) is 22.6. The van der Waals surface area contributed by atoms with Gasteiger partial charge in [-0.2, -0.15) is 0 Å². The zero-order valence-electron chi connectivity index (χ0n) is 26.1. The number of carboxylic acid groups (broad SMARTS) is 1. The van der Waals surface area contributed by atoms with Gasteiger partial charge in [0.15, 0.2) is 11.5 Å². The molecule has 3 heterocycles. The number of carboxylic acids is 1. The number of thiophene rings is 1. The van der Waals surface area contributed by atoms with E-state index in [1.54, 1.807) is 18.2 Å². The number of likely N-dealkylation sites (tertiary alicyclic amines) is 1. The molecular formula is C34H35Cl2N3O7S. The Hall–Kier alpha value is -3.87. The van der Waals surface area contributed by atoms with E-state index in [4.69, 9.17) is 37.4 Å². The number of nitrogens with one attached hydrogen (secondary N) is 1. The first-order valence-corrected chi connectivity index (χ1v) is 16.5. The van der Waals surface area contributed by atoms with Gasteiger partial charge >= 0.3 is 5.97 Å². The number of rotatable bonds is 13. The highest BCUT2D eigenvalue weighted by Gasteiger charge is 2.30. The number of nitrogens with zero attached hydrogens (tertiary/aromatic N) is 2. The minimum Gasteiger partial charge on any atom is -0.544 e. The minimum atomic E-state index is -1.34. The largest absolute Gasteiger partial charge is 0.544 e. The molecule has 13 heteroatoms. The topological polar surface area (TPSA) is 124 Å². The van der Waals surface area contributed by atoms with E-state index in [0.717, 1.165) is 34.6 Å². The summed E-state index contributed by atoms with van der Waals surface area (Å²) in [6, 6.07) is 15.6. The Morgan fingerprint density at radius 1 is 1.06 bits per heavy atom. The number of halogens is 2. The normalized spacial score (nSPS) is 16.1. The molecule has 0 radical (unpaired) electrons. The maximum Gasteiger partial charge on any atom is 0.328 e. The molecule has 0 bridgehead atoms. The summed E-state index contributed by atoms with van der Waals surface area (Å²) in [6.45, 7) is 1.70. The summed E-state index contributed by atoms with van der Waals surface area (Å²) in [5, 5.41) is 26.2. The maximum atomic E-state index is 13.4. The number of carbonyl (C=O) groups is 2. The Bertz CT molecular complexity index is 1710. The third-order valence-corrected chi connectivity index (χ3v) is 9.92. The lowest BCUT2D eigenvalue weighted by Crippen LogP contribution is -2.33. The number of esters is 1. The predicted octanol–water partition coefficient (Wildman–Crippen LogP) is 4.41. The first-order valence-electron chi connectivity index (χ1n) is 14.9. The number of aromatic nitrogens is 1. The van der Waals surface area contributed by atoms with Gasteiger partial charge in [0.2, 0.25) is 12.4 Å². The molecule has 3 atom stereocenters. The molecule has 10 nitrogen and oxygen atoms in total. The summed E-state index contributed by atoms with van der Waals surface area (Å²) < 4.78 is 17.6. The fourth-order valence-electron chi connectivity index (χ4n) is 5.79. The number of benzene rings is 2. The Labute approximate surface area is 287 Å². The molecular weight excluding hydrogens is 665 g/mol. The molecule has 1 aliphatic heterocycles. The van der Waals surface area contributed by atoms with Gasteiger partial charge in [0.1, 0.15) is 22.2 Å². The molecule has 1 fully saturated rings. The van der Waals surface area contributed by atoms with E-state index in [2.05, 4.69) is 10.2 Å². The van der Waals surface area contributed by atoms with Gasteiger partial charge in [0, 0.05) is 40.7 Å². The summed E-state index contributed by atoms with van der Waals surface area (Å²) >= 11 is 14.1. The van der Waals surface area contributed by atoms with Crippen molar-refractivity contribution in [1.82, 2.24) is 10.2 Å². The first kappa shape index (κ1) is 34.5. The second-order valence-corrected chi connectivity index (χ2v) is 13.3. The van der Waals surface area contributed by atoms with Gasteiger partial charge in [0.25, 0.3) is 0 Å². The molecule has 0 spiro atoms. The van der Waals surface area contributed by atoms with Crippen LogP contribution in [0.2, 0.25) is 10.0 Å². The highest BCUT2D eigenvalue weighted by molar-refractivity contribution is 7.14. The molecule has 5 rings (SSSR count). The highest BCUT2D eigenvalue weighted by atomic mass is 35.5. The highest BCUT2D eigenvalue weighted by Crippen LogP contribution is 2.41. The van der Waals surface area contributed by atoms with Crippen LogP contribution in [0.1, 0.15) is 55.2 Å². The number of hydrogen-bond donors (Lipinski definition) is 2. The van der Waals surface area contributed by atoms with E-state index >= 15 is 0 Å². The summed E-state index contributed by atoms with van der Waals surface area (Å²) in [5.41, 5.74) is 2.43. The van der Waals surface area contributed by atoms with Crippen LogP contribution in [0.25, 0.3) is 0 Å². The molecule has 2 aromatic carbocycles. The van der Waals surface area contributed by atoms with E-state index in [0.29, 0.717) is 39.6 Å². The Kier molecular flexibility index (Phi) is 11.3. The number of carbonyl (C=O) groups excluding carboxylic acids is 2. The average molecular weight is 701 g/mol. The summed E-state index contributed by atoms with van der Waals surface area (Å²) in [4.78, 5) is 28.8. The molecule has 0 saturated carbocycles. The van der Waals surface area contributed by atoms with Crippen molar-refractivity contribution in [3.8, 4) is 11.5 Å². The van der Waals surface area contributed by atoms with Gasteiger partial charge in [-0.25, -0.2) is 4.79 Å². The molecule has 0 amide bonds. The minimum absolute atomic E-state index is 0.0230. The van der Waals surface area contributed by atoms with Crippen molar-refractivity contribution in [3.05, 3.63) is 109 Å². The SMILES string of the molecule is COc1ccc([C@H](Cc2c(Cl)c[n+](O)cc2Cl)c2cc(CNC(C(=O)O[C@@H]3CCN(C)C3)c3ccccc3)sc2C(=O)[O-])cc1OC. The second kappa shape index (κ2) is 15.4. The molecule has 1 saturated heterocycles. The molecule has 248 valence electrons. The number of methoxy groups -OCH3 is 2. The third-order valence-electron chi connectivity index (χ3n) is 8.14. The van der Waals surface area contributed by atoms with Crippen LogP contribution in [0.5, 0.6) is 11.5 Å². The van der Waals surface area contributed by atoms with Crippen molar-refractivity contribution >= 4 is 46.5 Å². The number of ether oxygens (including phenoxy) is 3. The smallest absolute Gasteiger partial charge is 0.328 e. The second-order valence-electron chi connectivity index (χ2n) is 11.3. The number of pyridine rings is 1. The van der Waals surface area contributed by atoms with Crippen molar-refractivity contribution < 1.29 is 38.8 Å². The van der Waals surface area contributed by atoms with Crippen molar-refractivity contribution in [3.63, 3.8) is 0 Å². The van der Waals surface area contributed by atoms with E-state index < -0.39 is 23.9 Å². The van der Waals surface area contributed by atoms with Crippen LogP contribution in [-0.4, -0.2) is 62.5 Å². The molecule has 2 aromatic heterocycles. The van der Waals surface area contributed by atoms with Gasteiger partial charge in [-0.3, -0.25) is 10.5 Å². The van der Waals surface area contributed by atoms with Crippen LogP contribution in [0.15, 0.2) is 67.0 Å². The van der Waals surface area contributed by atoms with Crippen LogP contribution >= 0.6 is 34.5 Å². The zero-order valence-corrected chi connectivity index (χ0v) is 28.4. The lowest BCUT2D eigenvalue weighted by Gasteiger charge is -2.21. The zero-order chi connectivity index (χ0) is 33.7. The van der Waals surface area contributed by atoms with Crippen LogP contribution in [0, 0.1) is 0 Å². The number of likely N-dealkylation sites (N-methyl/N-ethyl adjacent to an activating group) is 1. The lowest BCUT2D eigenvalue weighted by molar-refractivity contribution is -0.904. The van der Waals surface area contributed by atoms with Crippen molar-refractivity contribution in [2.75, 3.05) is 34.4 Å². The van der Waals surface area contributed by atoms with E-state index in [1.165, 1.54) is 26.6 Å².